The summed E-state index contributed by atoms with van der Waals surface area (Å²) in [5.41, 5.74) is 1.41. The van der Waals surface area contributed by atoms with Gasteiger partial charge in [0.2, 0.25) is 17.6 Å². The van der Waals surface area contributed by atoms with Gasteiger partial charge in [-0.25, -0.2) is 0 Å². The topological polar surface area (TPSA) is 98.2 Å². The average Bonchev–Trinajstić information content (AvgIpc) is 3.35. The normalized spacial score (nSPS) is 17.2. The quantitative estimate of drug-likeness (QED) is 0.719. The van der Waals surface area contributed by atoms with Crippen LogP contribution in [0.25, 0.3) is 11.5 Å². The van der Waals surface area contributed by atoms with Crippen LogP contribution in [0.3, 0.4) is 0 Å². The summed E-state index contributed by atoms with van der Waals surface area (Å²) in [6.07, 6.45) is 3.55. The maximum absolute atomic E-state index is 12.6. The summed E-state index contributed by atoms with van der Waals surface area (Å²) in [7, 11) is 0. The van der Waals surface area contributed by atoms with E-state index in [1.165, 1.54) is 0 Å². The molecule has 0 radical (unpaired) electrons. The highest BCUT2D eigenvalue weighted by Gasteiger charge is 2.34. The van der Waals surface area contributed by atoms with Gasteiger partial charge in [-0.05, 0) is 31.9 Å². The maximum atomic E-state index is 12.6. The molecular formula is C17H17N5O3. The first kappa shape index (κ1) is 15.5. The Hall–Kier alpha value is -3.03. The van der Waals surface area contributed by atoms with E-state index >= 15 is 0 Å². The minimum atomic E-state index is -0.207. The van der Waals surface area contributed by atoms with Gasteiger partial charge in [0.15, 0.2) is 0 Å². The molecule has 0 saturated carbocycles. The largest absolute Gasteiger partial charge is 0.361 e. The first-order chi connectivity index (χ1) is 12.2. The van der Waals surface area contributed by atoms with Crippen molar-refractivity contribution in [2.45, 2.75) is 32.2 Å². The molecule has 0 aromatic carbocycles. The molecular weight excluding hydrogens is 322 g/mol. The lowest BCUT2D eigenvalue weighted by molar-refractivity contribution is -0.132. The van der Waals surface area contributed by atoms with E-state index in [1.807, 2.05) is 25.1 Å². The molecule has 1 unspecified atom stereocenters. The molecule has 4 heterocycles. The number of amides is 1. The monoisotopic (exact) mass is 339 g/mol. The fraction of sp³-hybridized carbons (Fsp3) is 0.353. The van der Waals surface area contributed by atoms with Crippen LogP contribution < -0.4 is 0 Å². The molecule has 1 saturated heterocycles. The Labute approximate surface area is 143 Å². The van der Waals surface area contributed by atoms with E-state index in [-0.39, 0.29) is 18.4 Å². The Morgan fingerprint density at radius 1 is 1.32 bits per heavy atom. The molecule has 0 N–H and O–H groups in total. The lowest BCUT2D eigenvalue weighted by Gasteiger charge is -2.21. The lowest BCUT2D eigenvalue weighted by Crippen LogP contribution is -2.31. The van der Waals surface area contributed by atoms with Crippen LogP contribution >= 0.6 is 0 Å². The van der Waals surface area contributed by atoms with Crippen LogP contribution in [0.1, 0.15) is 36.2 Å². The van der Waals surface area contributed by atoms with Gasteiger partial charge < -0.3 is 13.9 Å². The fourth-order valence-electron chi connectivity index (χ4n) is 3.04. The summed E-state index contributed by atoms with van der Waals surface area (Å²) in [5, 5.41) is 7.81. The molecule has 1 fully saturated rings. The average molecular weight is 339 g/mol. The third kappa shape index (κ3) is 3.15. The van der Waals surface area contributed by atoms with Gasteiger partial charge in [0.1, 0.15) is 17.5 Å². The molecule has 1 aliphatic rings. The van der Waals surface area contributed by atoms with Crippen molar-refractivity contribution < 1.29 is 13.8 Å². The van der Waals surface area contributed by atoms with E-state index in [4.69, 9.17) is 9.05 Å². The standard InChI is InChI=1S/C17H17N5O3/c1-11-9-12(24-20-11)10-15(23)22-8-4-6-14(22)17-19-16(21-25-17)13-5-2-3-7-18-13/h2-3,5,7,9,14H,4,6,8,10H2,1H3. The van der Waals surface area contributed by atoms with Crippen molar-refractivity contribution >= 4 is 5.91 Å². The molecule has 0 aliphatic carbocycles. The molecule has 8 nitrogen and oxygen atoms in total. The van der Waals surface area contributed by atoms with Crippen molar-refractivity contribution in [1.82, 2.24) is 25.2 Å². The van der Waals surface area contributed by atoms with Crippen LogP contribution in [0.2, 0.25) is 0 Å². The first-order valence-corrected chi connectivity index (χ1v) is 8.17. The molecule has 4 rings (SSSR count). The van der Waals surface area contributed by atoms with Crippen LogP contribution in [0.4, 0.5) is 0 Å². The highest BCUT2D eigenvalue weighted by Crippen LogP contribution is 2.32. The molecule has 0 spiro atoms. The number of pyridine rings is 1. The van der Waals surface area contributed by atoms with Crippen LogP contribution in [0, 0.1) is 6.92 Å². The van der Waals surface area contributed by atoms with E-state index in [2.05, 4.69) is 20.3 Å². The predicted molar refractivity (Wildman–Crippen MR) is 86.2 cm³/mol. The second-order valence-electron chi connectivity index (χ2n) is 6.03. The number of hydrogen-bond donors (Lipinski definition) is 0. The SMILES string of the molecule is Cc1cc(CC(=O)N2CCCC2c2nc(-c3ccccn3)no2)on1. The number of rotatable bonds is 4. The smallest absolute Gasteiger partial charge is 0.249 e. The van der Waals surface area contributed by atoms with Crippen molar-refractivity contribution in [3.63, 3.8) is 0 Å². The van der Waals surface area contributed by atoms with E-state index < -0.39 is 0 Å². The molecule has 1 aliphatic heterocycles. The van der Waals surface area contributed by atoms with Gasteiger partial charge >= 0.3 is 0 Å². The first-order valence-electron chi connectivity index (χ1n) is 8.17. The minimum Gasteiger partial charge on any atom is -0.361 e. The predicted octanol–water partition coefficient (Wildman–Crippen LogP) is 2.33. The molecule has 128 valence electrons. The highest BCUT2D eigenvalue weighted by molar-refractivity contribution is 5.78. The van der Waals surface area contributed by atoms with Crippen LogP contribution in [-0.2, 0) is 11.2 Å². The summed E-state index contributed by atoms with van der Waals surface area (Å²) in [5.74, 6) is 1.41. The Morgan fingerprint density at radius 3 is 3.00 bits per heavy atom. The minimum absolute atomic E-state index is 0.0313. The Bertz CT molecular complexity index is 873. The van der Waals surface area contributed by atoms with E-state index in [1.54, 1.807) is 17.2 Å². The summed E-state index contributed by atoms with van der Waals surface area (Å²) in [4.78, 5) is 23.0. The van der Waals surface area contributed by atoms with Crippen molar-refractivity contribution in [3.05, 3.63) is 47.8 Å². The van der Waals surface area contributed by atoms with Crippen molar-refractivity contribution in [2.75, 3.05) is 6.54 Å². The van der Waals surface area contributed by atoms with Gasteiger partial charge in [0, 0.05) is 18.8 Å². The third-order valence-electron chi connectivity index (χ3n) is 4.20. The molecule has 3 aromatic rings. The second-order valence-corrected chi connectivity index (χ2v) is 6.03. The van der Waals surface area contributed by atoms with Crippen LogP contribution in [0.15, 0.2) is 39.5 Å². The number of carbonyl (C=O) groups excluding carboxylic acids is 1. The summed E-state index contributed by atoms with van der Waals surface area (Å²) >= 11 is 0. The zero-order valence-electron chi connectivity index (χ0n) is 13.8. The summed E-state index contributed by atoms with van der Waals surface area (Å²) in [6, 6.07) is 7.07. The molecule has 1 amide bonds. The van der Waals surface area contributed by atoms with Gasteiger partial charge in [0.05, 0.1) is 12.1 Å². The fourth-order valence-corrected chi connectivity index (χ4v) is 3.04. The number of aromatic nitrogens is 4. The molecule has 25 heavy (non-hydrogen) atoms. The molecule has 0 bridgehead atoms. The van der Waals surface area contributed by atoms with Crippen molar-refractivity contribution in [3.8, 4) is 11.5 Å². The number of aryl methyl sites for hydroxylation is 1. The number of carbonyl (C=O) groups is 1. The van der Waals surface area contributed by atoms with E-state index in [0.717, 1.165) is 18.5 Å². The van der Waals surface area contributed by atoms with E-state index in [9.17, 15) is 4.79 Å². The number of likely N-dealkylation sites (tertiary alicyclic amines) is 1. The highest BCUT2D eigenvalue weighted by atomic mass is 16.5. The van der Waals surface area contributed by atoms with Crippen LogP contribution in [0.5, 0.6) is 0 Å². The van der Waals surface area contributed by atoms with Gasteiger partial charge in [-0.3, -0.25) is 9.78 Å². The van der Waals surface area contributed by atoms with Crippen LogP contribution in [-0.4, -0.2) is 37.6 Å². The number of hydrogen-bond acceptors (Lipinski definition) is 7. The maximum Gasteiger partial charge on any atom is 0.249 e. The van der Waals surface area contributed by atoms with Gasteiger partial charge in [0.25, 0.3) is 0 Å². The van der Waals surface area contributed by atoms with Gasteiger partial charge in [-0.2, -0.15) is 4.98 Å². The zero-order valence-corrected chi connectivity index (χ0v) is 13.8. The Balaban J connectivity index is 1.51. The van der Waals surface area contributed by atoms with Crippen molar-refractivity contribution in [1.29, 1.82) is 0 Å². The van der Waals surface area contributed by atoms with Gasteiger partial charge in [-0.1, -0.05) is 16.4 Å². The Kier molecular flexibility index (Phi) is 4.01. The zero-order chi connectivity index (χ0) is 17.2. The summed E-state index contributed by atoms with van der Waals surface area (Å²) < 4.78 is 10.5. The third-order valence-corrected chi connectivity index (χ3v) is 4.20. The summed E-state index contributed by atoms with van der Waals surface area (Å²) in [6.45, 7) is 2.49. The lowest BCUT2D eigenvalue weighted by atomic mass is 10.2. The van der Waals surface area contributed by atoms with E-state index in [0.29, 0.717) is 29.7 Å². The van der Waals surface area contributed by atoms with Crippen molar-refractivity contribution in [2.24, 2.45) is 0 Å². The molecule has 8 heteroatoms. The second kappa shape index (κ2) is 6.46. The number of nitrogens with zero attached hydrogens (tertiary/aromatic N) is 5. The Morgan fingerprint density at radius 2 is 2.24 bits per heavy atom. The molecule has 1 atom stereocenters. The molecule has 3 aromatic heterocycles. The van der Waals surface area contributed by atoms with Gasteiger partial charge in [-0.15, -0.1) is 0 Å².